The summed E-state index contributed by atoms with van der Waals surface area (Å²) in [6.45, 7) is -0.536. The topological polar surface area (TPSA) is 139 Å². The van der Waals surface area contributed by atoms with Gasteiger partial charge >= 0.3 is 0 Å². The van der Waals surface area contributed by atoms with Gasteiger partial charge < -0.3 is 25.2 Å². The summed E-state index contributed by atoms with van der Waals surface area (Å²) >= 11 is 0. The zero-order chi connectivity index (χ0) is 10.7. The Bertz CT molecular complexity index is 244. The van der Waals surface area contributed by atoms with Crippen LogP contribution in [0.25, 0.3) is 10.4 Å². The van der Waals surface area contributed by atoms with Gasteiger partial charge in [-0.2, -0.15) is 0 Å². The van der Waals surface area contributed by atoms with Crippen molar-refractivity contribution < 1.29 is 25.2 Å². The molecule has 0 spiro atoms. The molecule has 0 aliphatic carbocycles. The van der Waals surface area contributed by atoms with Crippen molar-refractivity contribution >= 4 is 0 Å². The van der Waals surface area contributed by atoms with Crippen LogP contribution >= 0.6 is 0 Å². The number of nitrogens with zero attached hydrogens (tertiary/aromatic N) is 3. The number of ether oxygens (including phenoxy) is 1. The van der Waals surface area contributed by atoms with Crippen molar-refractivity contribution in [3.63, 3.8) is 0 Å². The third-order valence-electron chi connectivity index (χ3n) is 2.04. The van der Waals surface area contributed by atoms with E-state index in [4.69, 9.17) is 25.6 Å². The van der Waals surface area contributed by atoms with E-state index in [1.807, 2.05) is 0 Å². The fraction of sp³-hybridized carbons (Fsp3) is 1.00. The normalized spacial score (nSPS) is 39.1. The first kappa shape index (κ1) is 11.2. The average Bonchev–Trinajstić information content (AvgIpc) is 2.42. The highest BCUT2D eigenvalue weighted by atomic mass is 16.6. The summed E-state index contributed by atoms with van der Waals surface area (Å²) in [6.07, 6.45) is -5.46. The van der Waals surface area contributed by atoms with E-state index in [1.165, 1.54) is 0 Å². The number of azide groups is 1. The van der Waals surface area contributed by atoms with Crippen LogP contribution in [0.4, 0.5) is 0 Å². The largest absolute Gasteiger partial charge is 0.396 e. The predicted octanol–water partition coefficient (Wildman–Crippen LogP) is -1.90. The summed E-state index contributed by atoms with van der Waals surface area (Å²) < 4.78 is 4.72. The maximum Gasteiger partial charge on any atom is 0.183 e. The van der Waals surface area contributed by atoms with Crippen LogP contribution in [0.2, 0.25) is 0 Å². The van der Waals surface area contributed by atoms with Crippen molar-refractivity contribution in [3.05, 3.63) is 10.4 Å². The molecule has 1 rings (SSSR count). The van der Waals surface area contributed by atoms with Crippen LogP contribution < -0.4 is 0 Å². The summed E-state index contributed by atoms with van der Waals surface area (Å²) in [5, 5.41) is 39.4. The highest BCUT2D eigenvalue weighted by Gasteiger charge is 2.45. The first-order chi connectivity index (χ1) is 6.61. The third-order valence-corrected chi connectivity index (χ3v) is 2.04. The molecular formula is C6H11N3O5. The standard InChI is InChI=1S/C6H11N3O5/c7-9-8-2(1-10)5-3(11)4(12)6(13)14-5/h2-6,10-13H,1H2. The molecule has 0 aromatic heterocycles. The zero-order valence-electron chi connectivity index (χ0n) is 7.13. The number of hydrogen-bond acceptors (Lipinski definition) is 6. The maximum absolute atomic E-state index is 9.33. The van der Waals surface area contributed by atoms with Crippen LogP contribution in [-0.2, 0) is 4.74 Å². The summed E-state index contributed by atoms with van der Waals surface area (Å²) in [5.41, 5.74) is 8.13. The van der Waals surface area contributed by atoms with E-state index in [0.717, 1.165) is 0 Å². The molecule has 1 aliphatic heterocycles. The molecule has 1 fully saturated rings. The highest BCUT2D eigenvalue weighted by molar-refractivity contribution is 4.93. The van der Waals surface area contributed by atoms with Crippen molar-refractivity contribution in [1.29, 1.82) is 0 Å². The molecule has 14 heavy (non-hydrogen) atoms. The molecule has 0 bridgehead atoms. The summed E-state index contributed by atoms with van der Waals surface area (Å²) in [4.78, 5) is 2.45. The van der Waals surface area contributed by atoms with Gasteiger partial charge in [-0.3, -0.25) is 0 Å². The second-order valence-corrected chi connectivity index (χ2v) is 2.93. The lowest BCUT2D eigenvalue weighted by atomic mass is 10.1. The molecule has 0 aromatic carbocycles. The molecule has 1 heterocycles. The first-order valence-electron chi connectivity index (χ1n) is 3.96. The van der Waals surface area contributed by atoms with E-state index < -0.39 is 37.3 Å². The Balaban J connectivity index is 2.73. The molecule has 4 N–H and O–H groups in total. The number of rotatable bonds is 3. The smallest absolute Gasteiger partial charge is 0.183 e. The second kappa shape index (κ2) is 4.56. The molecule has 0 amide bonds. The molecule has 1 aliphatic rings. The van der Waals surface area contributed by atoms with Gasteiger partial charge in [0.25, 0.3) is 0 Å². The Morgan fingerprint density at radius 2 is 2.00 bits per heavy atom. The Hall–Kier alpha value is -0.890. The van der Waals surface area contributed by atoms with Gasteiger partial charge in [0.05, 0.1) is 12.6 Å². The van der Waals surface area contributed by atoms with E-state index in [2.05, 4.69) is 10.0 Å². The second-order valence-electron chi connectivity index (χ2n) is 2.93. The lowest BCUT2D eigenvalue weighted by molar-refractivity contribution is -0.131. The monoisotopic (exact) mass is 205 g/mol. The highest BCUT2D eigenvalue weighted by Crippen LogP contribution is 2.23. The molecular weight excluding hydrogens is 194 g/mol. The third kappa shape index (κ3) is 1.95. The van der Waals surface area contributed by atoms with Gasteiger partial charge in [0.15, 0.2) is 6.29 Å². The van der Waals surface area contributed by atoms with Gasteiger partial charge in [-0.1, -0.05) is 5.11 Å². The van der Waals surface area contributed by atoms with E-state index in [0.29, 0.717) is 0 Å². The van der Waals surface area contributed by atoms with Crippen molar-refractivity contribution in [3.8, 4) is 0 Å². The van der Waals surface area contributed by atoms with Gasteiger partial charge in [0, 0.05) is 4.91 Å². The molecule has 5 unspecified atom stereocenters. The predicted molar refractivity (Wildman–Crippen MR) is 42.9 cm³/mol. The maximum atomic E-state index is 9.33. The molecule has 0 radical (unpaired) electrons. The van der Waals surface area contributed by atoms with Crippen LogP contribution in [-0.4, -0.2) is 57.7 Å². The average molecular weight is 205 g/mol. The van der Waals surface area contributed by atoms with Gasteiger partial charge in [0.2, 0.25) is 0 Å². The fourth-order valence-corrected chi connectivity index (χ4v) is 1.28. The van der Waals surface area contributed by atoms with Crippen LogP contribution in [0.3, 0.4) is 0 Å². The Labute approximate surface area is 79.0 Å². The lowest BCUT2D eigenvalue weighted by Crippen LogP contribution is -2.39. The van der Waals surface area contributed by atoms with E-state index in [9.17, 15) is 5.11 Å². The molecule has 0 saturated carbocycles. The first-order valence-corrected chi connectivity index (χ1v) is 3.96. The number of aliphatic hydroxyl groups excluding tert-OH is 4. The summed E-state index contributed by atoms with van der Waals surface area (Å²) in [7, 11) is 0. The van der Waals surface area contributed by atoms with Gasteiger partial charge in [-0.05, 0) is 5.53 Å². The minimum absolute atomic E-state index is 0.536. The van der Waals surface area contributed by atoms with E-state index in [1.54, 1.807) is 0 Å². The molecule has 1 saturated heterocycles. The van der Waals surface area contributed by atoms with Crippen LogP contribution in [0, 0.1) is 0 Å². The van der Waals surface area contributed by atoms with E-state index >= 15 is 0 Å². The van der Waals surface area contributed by atoms with Crippen LogP contribution in [0.1, 0.15) is 0 Å². The van der Waals surface area contributed by atoms with Gasteiger partial charge in [-0.15, -0.1) is 0 Å². The summed E-state index contributed by atoms with van der Waals surface area (Å²) in [6, 6.07) is -1.03. The minimum Gasteiger partial charge on any atom is -0.396 e. The molecule has 0 aromatic rings. The Kier molecular flexibility index (Phi) is 3.64. The molecule has 8 nitrogen and oxygen atoms in total. The molecule has 5 atom stereocenters. The van der Waals surface area contributed by atoms with Crippen molar-refractivity contribution in [2.24, 2.45) is 5.11 Å². The van der Waals surface area contributed by atoms with Crippen LogP contribution in [0.15, 0.2) is 5.11 Å². The quantitative estimate of drug-likeness (QED) is 0.242. The van der Waals surface area contributed by atoms with Crippen molar-refractivity contribution in [2.75, 3.05) is 6.61 Å². The zero-order valence-corrected chi connectivity index (χ0v) is 7.13. The van der Waals surface area contributed by atoms with Gasteiger partial charge in [-0.25, -0.2) is 0 Å². The lowest BCUT2D eigenvalue weighted by Gasteiger charge is -2.18. The van der Waals surface area contributed by atoms with Crippen molar-refractivity contribution in [1.82, 2.24) is 0 Å². The molecule has 8 heteroatoms. The number of hydrogen-bond donors (Lipinski definition) is 4. The van der Waals surface area contributed by atoms with Crippen LogP contribution in [0.5, 0.6) is 0 Å². The van der Waals surface area contributed by atoms with Crippen molar-refractivity contribution in [2.45, 2.75) is 30.6 Å². The fourth-order valence-electron chi connectivity index (χ4n) is 1.28. The number of aliphatic hydroxyl groups is 4. The van der Waals surface area contributed by atoms with E-state index in [-0.39, 0.29) is 0 Å². The Morgan fingerprint density at radius 3 is 2.36 bits per heavy atom. The Morgan fingerprint density at radius 1 is 1.36 bits per heavy atom. The molecule has 80 valence electrons. The summed E-state index contributed by atoms with van der Waals surface area (Å²) in [5.74, 6) is 0. The minimum atomic E-state index is -1.53. The SMILES string of the molecule is [N-]=[N+]=NC(CO)C1OC(O)C(O)C1O. The van der Waals surface area contributed by atoms with Gasteiger partial charge in [0.1, 0.15) is 18.3 Å².